The third-order valence-electron chi connectivity index (χ3n) is 19.3. The Bertz CT molecular complexity index is 1360. The molecule has 0 fully saturated rings. The van der Waals surface area contributed by atoms with E-state index >= 15 is 0 Å². The number of rotatable bonds is 76. The molecular formula is C89H180O16. The van der Waals surface area contributed by atoms with E-state index in [2.05, 4.69) is 41.5 Å². The molecule has 632 valence electrons. The van der Waals surface area contributed by atoms with Crippen LogP contribution in [0.15, 0.2) is 0 Å². The van der Waals surface area contributed by atoms with E-state index in [1.165, 1.54) is 347 Å². The molecule has 0 unspecified atom stereocenters. The van der Waals surface area contributed by atoms with E-state index in [0.29, 0.717) is 38.5 Å². The van der Waals surface area contributed by atoms with Crippen molar-refractivity contribution < 1.29 is 79.8 Å². The van der Waals surface area contributed by atoms with Gasteiger partial charge in [0.1, 0.15) is 0 Å². The molecule has 0 aromatic heterocycles. The zero-order valence-electron chi connectivity index (χ0n) is 70.2. The molecule has 0 radical (unpaired) electrons. The number of aliphatic hydroxyl groups is 4. The number of carboxylic acids is 6. The molecular weight excluding hydrogens is 1320 g/mol. The van der Waals surface area contributed by atoms with Crippen LogP contribution in [0.2, 0.25) is 0 Å². The SMILES string of the molecule is CCCCCCCCCCCCCC(=O)O.CCCCCCCCCCCCCC(=O)O.CCCCCCCCCCCCCC(=O)O.CCCCCCCCCCCCCC(=O)O.CCCCCCCCCCCCCC(=O)O.CCCCCCCCCCCCCC(=O)O.OCC(CO)(CO)CO. The summed E-state index contributed by atoms with van der Waals surface area (Å²) in [7, 11) is 0. The van der Waals surface area contributed by atoms with Gasteiger partial charge >= 0.3 is 35.8 Å². The monoisotopic (exact) mass is 1510 g/mol. The van der Waals surface area contributed by atoms with E-state index < -0.39 is 67.7 Å². The predicted octanol–water partition coefficient (Wildman–Crippen LogP) is 26.6. The smallest absolute Gasteiger partial charge is 0.303 e. The first-order valence-corrected chi connectivity index (χ1v) is 44.6. The maximum Gasteiger partial charge on any atom is 0.303 e. The summed E-state index contributed by atoms with van der Waals surface area (Å²) in [6.07, 6.45) is 86.2. The number of unbranched alkanes of at least 4 members (excludes halogenated alkanes) is 60. The standard InChI is InChI=1S/6C14H28O2.C5H12O4/c6*1-2-3-4-5-6-7-8-9-10-11-12-13-14(15)16;6-1-5(2-7,3-8)4-9/h6*2-13H2,1H3,(H,15,16);6-9H,1-4H2. The Morgan fingerprint density at radius 1 is 0.152 bits per heavy atom. The second-order valence-corrected chi connectivity index (χ2v) is 30.2. The maximum atomic E-state index is 10.3. The zero-order valence-corrected chi connectivity index (χ0v) is 70.2. The minimum absolute atomic E-state index is 0.344. The Morgan fingerprint density at radius 3 is 0.286 bits per heavy atom. The molecule has 0 aliphatic carbocycles. The fraction of sp³-hybridized carbons (Fsp3) is 0.933. The highest BCUT2D eigenvalue weighted by Gasteiger charge is 2.26. The van der Waals surface area contributed by atoms with Crippen molar-refractivity contribution in [3.63, 3.8) is 0 Å². The van der Waals surface area contributed by atoms with E-state index in [1.54, 1.807) is 0 Å². The summed E-state index contributed by atoms with van der Waals surface area (Å²) in [5.41, 5.74) is -1.11. The van der Waals surface area contributed by atoms with Crippen LogP contribution in [-0.2, 0) is 28.8 Å². The van der Waals surface area contributed by atoms with Crippen molar-refractivity contribution in [2.75, 3.05) is 26.4 Å². The zero-order chi connectivity index (χ0) is 79.7. The lowest BCUT2D eigenvalue weighted by molar-refractivity contribution is -0.138. The fourth-order valence-corrected chi connectivity index (χ4v) is 11.9. The molecule has 0 aromatic rings. The van der Waals surface area contributed by atoms with Crippen molar-refractivity contribution >= 4 is 35.8 Å². The Morgan fingerprint density at radius 2 is 0.229 bits per heavy atom. The van der Waals surface area contributed by atoms with Gasteiger partial charge in [-0.1, -0.05) is 427 Å². The molecule has 0 aromatic carbocycles. The highest BCUT2D eigenvalue weighted by atomic mass is 16.4. The second-order valence-electron chi connectivity index (χ2n) is 30.2. The van der Waals surface area contributed by atoms with Crippen molar-refractivity contribution in [2.24, 2.45) is 5.41 Å². The lowest BCUT2D eigenvalue weighted by Gasteiger charge is -2.23. The van der Waals surface area contributed by atoms with Gasteiger partial charge in [0.15, 0.2) is 0 Å². The number of carbonyl (C=O) groups is 6. The molecule has 0 atom stereocenters. The Kier molecular flexibility index (Phi) is 117. The first-order chi connectivity index (χ1) is 50.9. The van der Waals surface area contributed by atoms with Gasteiger partial charge in [-0.3, -0.25) is 28.8 Å². The lowest BCUT2D eigenvalue weighted by atomic mass is 9.93. The van der Waals surface area contributed by atoms with Crippen molar-refractivity contribution in [1.82, 2.24) is 0 Å². The summed E-state index contributed by atoms with van der Waals surface area (Å²) in [5, 5.41) is 84.7. The van der Waals surface area contributed by atoms with Gasteiger partial charge < -0.3 is 51.1 Å². The van der Waals surface area contributed by atoms with Crippen LogP contribution in [0, 0.1) is 5.41 Å². The van der Waals surface area contributed by atoms with Gasteiger partial charge in [0.25, 0.3) is 0 Å². The Hall–Kier alpha value is -3.34. The quantitative estimate of drug-likeness (QED) is 0.0253. The topological polar surface area (TPSA) is 305 Å². The van der Waals surface area contributed by atoms with Crippen LogP contribution in [0.4, 0.5) is 0 Å². The third-order valence-corrected chi connectivity index (χ3v) is 19.3. The van der Waals surface area contributed by atoms with Crippen LogP contribution in [0.3, 0.4) is 0 Å². The van der Waals surface area contributed by atoms with Gasteiger partial charge in [-0.25, -0.2) is 0 Å². The summed E-state index contributed by atoms with van der Waals surface area (Å²) in [4.78, 5) is 61.6. The molecule has 0 amide bonds. The van der Waals surface area contributed by atoms with E-state index in [-0.39, 0.29) is 0 Å². The predicted molar refractivity (Wildman–Crippen MR) is 443 cm³/mol. The number of aliphatic hydroxyl groups excluding tert-OH is 4. The number of aliphatic carboxylic acids is 6. The van der Waals surface area contributed by atoms with Gasteiger partial charge in [0, 0.05) is 38.5 Å². The van der Waals surface area contributed by atoms with E-state index in [0.717, 1.165) is 77.0 Å². The molecule has 0 saturated carbocycles. The first-order valence-electron chi connectivity index (χ1n) is 44.6. The van der Waals surface area contributed by atoms with Crippen LogP contribution in [0.5, 0.6) is 0 Å². The molecule has 105 heavy (non-hydrogen) atoms. The molecule has 16 heteroatoms. The average Bonchev–Trinajstić information content (AvgIpc) is 0.924. The number of carboxylic acid groups (broad SMARTS) is 6. The maximum absolute atomic E-state index is 10.3. The second kappa shape index (κ2) is 107. The minimum atomic E-state index is -1.11. The van der Waals surface area contributed by atoms with E-state index in [9.17, 15) is 28.8 Å². The van der Waals surface area contributed by atoms with Crippen molar-refractivity contribution in [2.45, 2.75) is 504 Å². The molecule has 0 spiro atoms. The molecule has 0 bridgehead atoms. The molecule has 16 nitrogen and oxygen atoms in total. The molecule has 0 saturated heterocycles. The summed E-state index contributed by atoms with van der Waals surface area (Å²) in [6.45, 7) is 11.9. The normalized spacial score (nSPS) is 10.7. The Labute approximate surface area is 648 Å². The first kappa shape index (κ1) is 115. The van der Waals surface area contributed by atoms with Gasteiger partial charge in [0.2, 0.25) is 0 Å². The molecule has 0 aliphatic rings. The van der Waals surface area contributed by atoms with Gasteiger partial charge in [-0.15, -0.1) is 0 Å². The van der Waals surface area contributed by atoms with E-state index in [4.69, 9.17) is 51.1 Å². The van der Waals surface area contributed by atoms with Crippen LogP contribution >= 0.6 is 0 Å². The highest BCUT2D eigenvalue weighted by Crippen LogP contribution is 2.19. The fourth-order valence-electron chi connectivity index (χ4n) is 11.9. The van der Waals surface area contributed by atoms with Crippen LogP contribution in [0.25, 0.3) is 0 Å². The third kappa shape index (κ3) is 130. The highest BCUT2D eigenvalue weighted by molar-refractivity contribution is 5.68. The van der Waals surface area contributed by atoms with Crippen molar-refractivity contribution in [3.8, 4) is 0 Å². The average molecular weight is 1510 g/mol. The van der Waals surface area contributed by atoms with Gasteiger partial charge in [0.05, 0.1) is 31.8 Å². The van der Waals surface area contributed by atoms with E-state index in [1.807, 2.05) is 0 Å². The Balaban J connectivity index is -0.000000215. The molecule has 0 heterocycles. The number of hydrogen-bond acceptors (Lipinski definition) is 10. The largest absolute Gasteiger partial charge is 0.481 e. The van der Waals surface area contributed by atoms with Crippen molar-refractivity contribution in [3.05, 3.63) is 0 Å². The summed E-state index contributed by atoms with van der Waals surface area (Å²) < 4.78 is 0. The molecule has 0 aliphatic heterocycles. The summed E-state index contributed by atoms with van der Waals surface area (Å²) in [5.74, 6) is -3.94. The minimum Gasteiger partial charge on any atom is -0.481 e. The van der Waals surface area contributed by atoms with Crippen LogP contribution in [-0.4, -0.2) is 113 Å². The number of hydrogen-bond donors (Lipinski definition) is 10. The van der Waals surface area contributed by atoms with Gasteiger partial charge in [-0.05, 0) is 38.5 Å². The van der Waals surface area contributed by atoms with Gasteiger partial charge in [-0.2, -0.15) is 0 Å². The lowest BCUT2D eigenvalue weighted by Crippen LogP contribution is -2.37. The summed E-state index contributed by atoms with van der Waals surface area (Å²) in [6, 6.07) is 0. The summed E-state index contributed by atoms with van der Waals surface area (Å²) >= 11 is 0. The molecule has 0 rings (SSSR count). The molecule has 10 N–H and O–H groups in total. The van der Waals surface area contributed by atoms with Crippen LogP contribution < -0.4 is 0 Å². The van der Waals surface area contributed by atoms with Crippen molar-refractivity contribution in [1.29, 1.82) is 0 Å². The van der Waals surface area contributed by atoms with Crippen LogP contribution in [0.1, 0.15) is 504 Å².